The number of phenols is 1. The summed E-state index contributed by atoms with van der Waals surface area (Å²) in [5.74, 6) is 0.297. The van der Waals surface area contributed by atoms with E-state index in [1.165, 1.54) is 6.07 Å². The van der Waals surface area contributed by atoms with Gasteiger partial charge in [-0.25, -0.2) is 4.98 Å². The molecule has 20 heavy (non-hydrogen) atoms. The highest BCUT2D eigenvalue weighted by Crippen LogP contribution is 2.24. The number of phenolic OH excluding ortho intramolecular Hbond substituents is 1. The van der Waals surface area contributed by atoms with Crippen LogP contribution in [0, 0.1) is 0 Å². The Balaban J connectivity index is 1.98. The van der Waals surface area contributed by atoms with Gasteiger partial charge in [-0.05, 0) is 39.7 Å². The Hall–Kier alpha value is -2.08. The van der Waals surface area contributed by atoms with Gasteiger partial charge in [0.15, 0.2) is 0 Å². The van der Waals surface area contributed by atoms with Gasteiger partial charge >= 0.3 is 0 Å². The number of aromatic nitrogens is 1. The summed E-state index contributed by atoms with van der Waals surface area (Å²) in [7, 11) is 1.55. The summed E-state index contributed by atoms with van der Waals surface area (Å²) in [5.41, 5.74) is 1.26. The third-order valence-corrected chi connectivity index (χ3v) is 3.34. The highest BCUT2D eigenvalue weighted by Gasteiger charge is 2.08. The Kier molecular flexibility index (Phi) is 4.57. The van der Waals surface area contributed by atoms with Crippen molar-refractivity contribution in [3.05, 3.63) is 52.1 Å². The molecule has 2 aromatic rings. The number of carbonyl (C=O) groups excluding carboxylic acids is 1. The fraction of sp³-hybridized carbons (Fsp3) is 0.143. The summed E-state index contributed by atoms with van der Waals surface area (Å²) in [6, 6.07) is 8.22. The number of hydrogen-bond donors (Lipinski definition) is 2. The van der Waals surface area contributed by atoms with Gasteiger partial charge in [-0.15, -0.1) is 0 Å². The van der Waals surface area contributed by atoms with E-state index in [2.05, 4.69) is 26.2 Å². The van der Waals surface area contributed by atoms with E-state index in [1.807, 2.05) is 6.07 Å². The summed E-state index contributed by atoms with van der Waals surface area (Å²) >= 11 is 3.17. The molecule has 1 aromatic carbocycles. The van der Waals surface area contributed by atoms with Crippen molar-refractivity contribution in [3.63, 3.8) is 0 Å². The van der Waals surface area contributed by atoms with Gasteiger partial charge in [-0.3, -0.25) is 4.79 Å². The maximum absolute atomic E-state index is 11.9. The molecule has 6 heteroatoms. The van der Waals surface area contributed by atoms with Gasteiger partial charge in [0.2, 0.25) is 5.88 Å². The minimum absolute atomic E-state index is 0.0313. The first-order chi connectivity index (χ1) is 9.60. The maximum Gasteiger partial charge on any atom is 0.251 e. The zero-order valence-electron chi connectivity index (χ0n) is 10.8. The number of carbonyl (C=O) groups is 1. The van der Waals surface area contributed by atoms with E-state index in [4.69, 9.17) is 4.74 Å². The van der Waals surface area contributed by atoms with Gasteiger partial charge in [0, 0.05) is 24.4 Å². The second-order valence-corrected chi connectivity index (χ2v) is 4.91. The SMILES string of the molecule is COc1ccc(CNC(=O)c2ccc(Br)c(O)c2)cn1. The topological polar surface area (TPSA) is 71.5 Å². The molecule has 0 spiro atoms. The Morgan fingerprint density at radius 2 is 2.20 bits per heavy atom. The smallest absolute Gasteiger partial charge is 0.251 e. The minimum Gasteiger partial charge on any atom is -0.507 e. The van der Waals surface area contributed by atoms with Crippen LogP contribution in [-0.4, -0.2) is 23.1 Å². The standard InChI is InChI=1S/C14H13BrN2O3/c1-20-13-5-2-9(7-16-13)8-17-14(19)10-3-4-11(15)12(18)6-10/h2-7,18H,8H2,1H3,(H,17,19). The lowest BCUT2D eigenvalue weighted by molar-refractivity contribution is 0.0950. The van der Waals surface area contributed by atoms with E-state index in [0.717, 1.165) is 5.56 Å². The van der Waals surface area contributed by atoms with Crippen molar-refractivity contribution in [1.82, 2.24) is 10.3 Å². The Bertz CT molecular complexity index is 614. The van der Waals surface area contributed by atoms with Crippen molar-refractivity contribution < 1.29 is 14.6 Å². The van der Waals surface area contributed by atoms with Crippen molar-refractivity contribution in [1.29, 1.82) is 0 Å². The molecule has 0 unspecified atom stereocenters. The number of amides is 1. The molecule has 0 radical (unpaired) electrons. The van der Waals surface area contributed by atoms with Crippen LogP contribution < -0.4 is 10.1 Å². The summed E-state index contributed by atoms with van der Waals surface area (Å²) in [5, 5.41) is 12.3. The number of rotatable bonds is 4. The molecule has 2 rings (SSSR count). The second-order valence-electron chi connectivity index (χ2n) is 4.06. The highest BCUT2D eigenvalue weighted by molar-refractivity contribution is 9.10. The van der Waals surface area contributed by atoms with Crippen LogP contribution in [-0.2, 0) is 6.54 Å². The van der Waals surface area contributed by atoms with Crippen LogP contribution in [0.4, 0.5) is 0 Å². The van der Waals surface area contributed by atoms with Crippen LogP contribution in [0.15, 0.2) is 41.0 Å². The van der Waals surface area contributed by atoms with Gasteiger partial charge in [0.1, 0.15) is 5.75 Å². The molecule has 0 saturated carbocycles. The predicted octanol–water partition coefficient (Wildman–Crippen LogP) is 2.49. The minimum atomic E-state index is -0.261. The molecule has 2 N–H and O–H groups in total. The number of hydrogen-bond acceptors (Lipinski definition) is 4. The molecule has 0 fully saturated rings. The molecule has 1 heterocycles. The molecular weight excluding hydrogens is 324 g/mol. The predicted molar refractivity (Wildman–Crippen MR) is 77.8 cm³/mol. The zero-order valence-corrected chi connectivity index (χ0v) is 12.3. The lowest BCUT2D eigenvalue weighted by atomic mass is 10.2. The molecular formula is C14H13BrN2O3. The van der Waals surface area contributed by atoms with Crippen LogP contribution in [0.3, 0.4) is 0 Å². The lowest BCUT2D eigenvalue weighted by Gasteiger charge is -2.07. The summed E-state index contributed by atoms with van der Waals surface area (Å²) in [6.07, 6.45) is 1.64. The van der Waals surface area contributed by atoms with Gasteiger partial charge in [-0.1, -0.05) is 6.07 Å². The van der Waals surface area contributed by atoms with Crippen LogP contribution in [0.25, 0.3) is 0 Å². The van der Waals surface area contributed by atoms with Crippen molar-refractivity contribution in [2.45, 2.75) is 6.54 Å². The molecule has 0 aliphatic rings. The first kappa shape index (κ1) is 14.3. The van der Waals surface area contributed by atoms with Gasteiger partial charge in [0.25, 0.3) is 5.91 Å². The molecule has 1 aromatic heterocycles. The van der Waals surface area contributed by atoms with Crippen molar-refractivity contribution >= 4 is 21.8 Å². The summed E-state index contributed by atoms with van der Waals surface area (Å²) < 4.78 is 5.51. The number of nitrogens with one attached hydrogen (secondary N) is 1. The molecule has 0 saturated heterocycles. The molecule has 0 bridgehead atoms. The number of methoxy groups -OCH3 is 1. The van der Waals surface area contributed by atoms with Crippen molar-refractivity contribution in [3.8, 4) is 11.6 Å². The fourth-order valence-corrected chi connectivity index (χ4v) is 1.82. The van der Waals surface area contributed by atoms with Gasteiger partial charge in [-0.2, -0.15) is 0 Å². The van der Waals surface area contributed by atoms with Gasteiger partial charge in [0.05, 0.1) is 11.6 Å². The van der Waals surface area contributed by atoms with E-state index in [-0.39, 0.29) is 11.7 Å². The first-order valence-corrected chi connectivity index (χ1v) is 6.65. The molecule has 0 aliphatic carbocycles. The third kappa shape index (κ3) is 3.48. The zero-order chi connectivity index (χ0) is 14.5. The Labute approximate surface area is 124 Å². The largest absolute Gasteiger partial charge is 0.507 e. The summed E-state index contributed by atoms with van der Waals surface area (Å²) in [4.78, 5) is 16.0. The lowest BCUT2D eigenvalue weighted by Crippen LogP contribution is -2.22. The van der Waals surface area contributed by atoms with E-state index >= 15 is 0 Å². The monoisotopic (exact) mass is 336 g/mol. The average molecular weight is 337 g/mol. The second kappa shape index (κ2) is 6.38. The number of pyridine rings is 1. The number of nitrogens with zero attached hydrogens (tertiary/aromatic N) is 1. The average Bonchev–Trinajstić information content (AvgIpc) is 2.48. The van der Waals surface area contributed by atoms with Crippen LogP contribution >= 0.6 is 15.9 Å². The van der Waals surface area contributed by atoms with Gasteiger partial charge < -0.3 is 15.2 Å². The highest BCUT2D eigenvalue weighted by atomic mass is 79.9. The van der Waals surface area contributed by atoms with E-state index in [9.17, 15) is 9.90 Å². The number of halogens is 1. The molecule has 0 aliphatic heterocycles. The fourth-order valence-electron chi connectivity index (χ4n) is 1.57. The van der Waals surface area contributed by atoms with E-state index < -0.39 is 0 Å². The normalized spacial score (nSPS) is 10.1. The van der Waals surface area contributed by atoms with E-state index in [1.54, 1.807) is 31.5 Å². The molecule has 0 atom stereocenters. The third-order valence-electron chi connectivity index (χ3n) is 2.67. The first-order valence-electron chi connectivity index (χ1n) is 5.86. The Morgan fingerprint density at radius 1 is 1.40 bits per heavy atom. The van der Waals surface area contributed by atoms with E-state index in [0.29, 0.717) is 22.5 Å². The summed E-state index contributed by atoms with van der Waals surface area (Å²) in [6.45, 7) is 0.354. The Morgan fingerprint density at radius 3 is 2.80 bits per heavy atom. The van der Waals surface area contributed by atoms with Crippen LogP contribution in [0.2, 0.25) is 0 Å². The van der Waals surface area contributed by atoms with Crippen molar-refractivity contribution in [2.75, 3.05) is 7.11 Å². The molecule has 104 valence electrons. The van der Waals surface area contributed by atoms with Crippen LogP contribution in [0.5, 0.6) is 11.6 Å². The molecule has 5 nitrogen and oxygen atoms in total. The quantitative estimate of drug-likeness (QED) is 0.899. The van der Waals surface area contributed by atoms with Crippen LogP contribution in [0.1, 0.15) is 15.9 Å². The number of ether oxygens (including phenoxy) is 1. The molecule has 1 amide bonds. The maximum atomic E-state index is 11.9. The van der Waals surface area contributed by atoms with Crippen molar-refractivity contribution in [2.24, 2.45) is 0 Å². The number of aromatic hydroxyl groups is 1. The number of benzene rings is 1.